The van der Waals surface area contributed by atoms with Crippen molar-refractivity contribution in [1.29, 1.82) is 0 Å². The van der Waals surface area contributed by atoms with E-state index in [9.17, 15) is 4.79 Å². The molecule has 0 bridgehead atoms. The molecule has 0 aliphatic carbocycles. The molecule has 0 saturated carbocycles. The molecule has 0 spiro atoms. The summed E-state index contributed by atoms with van der Waals surface area (Å²) in [5, 5.41) is 3.17. The zero-order chi connectivity index (χ0) is 14.0. The topological polar surface area (TPSA) is 42.0 Å². The Balaban J connectivity index is 2.34. The Morgan fingerprint density at radius 1 is 1.21 bits per heavy atom. The van der Waals surface area contributed by atoms with Gasteiger partial charge < -0.3 is 5.32 Å². The fourth-order valence-corrected chi connectivity index (χ4v) is 2.35. The molecule has 0 saturated heterocycles. The molecule has 98 valence electrons. The molecule has 1 N–H and O–H groups in total. The third-order valence-electron chi connectivity index (χ3n) is 2.89. The number of nitrogens with zero attached hydrogens (tertiary/aromatic N) is 1. The van der Waals surface area contributed by atoms with Gasteiger partial charge in [-0.15, -0.1) is 0 Å². The Kier molecular flexibility index (Phi) is 3.86. The van der Waals surface area contributed by atoms with Gasteiger partial charge in [-0.3, -0.25) is 4.79 Å². The Labute approximate surface area is 117 Å². The number of nitrogens with one attached hydrogen (secondary N) is 1. The molecule has 0 unspecified atom stereocenters. The third kappa shape index (κ3) is 2.93. The smallest absolute Gasteiger partial charge is 0.257 e. The van der Waals surface area contributed by atoms with Crippen LogP contribution in [0.1, 0.15) is 27.0 Å². The fraction of sp³-hybridized carbons (Fsp3) is 0.200. The first kappa shape index (κ1) is 13.6. The Bertz CT molecular complexity index is 615. The molecular formula is C15H15ClN2O. The third-order valence-corrected chi connectivity index (χ3v) is 3.20. The molecule has 1 aromatic heterocycles. The summed E-state index contributed by atoms with van der Waals surface area (Å²) in [7, 11) is 0. The van der Waals surface area contributed by atoms with Gasteiger partial charge in [-0.25, -0.2) is 4.98 Å². The van der Waals surface area contributed by atoms with Crippen molar-refractivity contribution in [2.45, 2.75) is 20.8 Å². The number of hydrogen-bond donors (Lipinski definition) is 1. The lowest BCUT2D eigenvalue weighted by Gasteiger charge is -2.11. The molecule has 19 heavy (non-hydrogen) atoms. The minimum absolute atomic E-state index is 0.185. The summed E-state index contributed by atoms with van der Waals surface area (Å²) >= 11 is 5.98. The summed E-state index contributed by atoms with van der Waals surface area (Å²) < 4.78 is 0. The molecule has 4 heteroatoms. The van der Waals surface area contributed by atoms with Crippen molar-refractivity contribution in [1.82, 2.24) is 4.98 Å². The number of aryl methyl sites for hydroxylation is 3. The van der Waals surface area contributed by atoms with E-state index >= 15 is 0 Å². The molecule has 0 atom stereocenters. The normalized spacial score (nSPS) is 10.3. The molecule has 2 rings (SSSR count). The highest BCUT2D eigenvalue weighted by Gasteiger charge is 2.14. The van der Waals surface area contributed by atoms with Crippen LogP contribution in [0.2, 0.25) is 5.02 Å². The summed E-state index contributed by atoms with van der Waals surface area (Å²) in [6.45, 7) is 5.86. The van der Waals surface area contributed by atoms with E-state index in [0.717, 1.165) is 16.7 Å². The SMILES string of the molecule is Cc1cc(C)c(C(=O)Nc2ncccc2Cl)c(C)c1. The van der Waals surface area contributed by atoms with E-state index in [1.165, 1.54) is 0 Å². The van der Waals surface area contributed by atoms with Crippen LogP contribution in [0.15, 0.2) is 30.5 Å². The van der Waals surface area contributed by atoms with Gasteiger partial charge in [-0.1, -0.05) is 29.3 Å². The number of pyridine rings is 1. The van der Waals surface area contributed by atoms with Crippen LogP contribution in [0.3, 0.4) is 0 Å². The summed E-state index contributed by atoms with van der Waals surface area (Å²) in [5.41, 5.74) is 3.71. The molecule has 2 aromatic rings. The van der Waals surface area contributed by atoms with E-state index in [1.54, 1.807) is 18.3 Å². The fourth-order valence-electron chi connectivity index (χ4n) is 2.19. The Morgan fingerprint density at radius 3 is 2.42 bits per heavy atom. The van der Waals surface area contributed by atoms with Gasteiger partial charge in [0.05, 0.1) is 5.02 Å². The zero-order valence-electron chi connectivity index (χ0n) is 11.1. The monoisotopic (exact) mass is 274 g/mol. The molecular weight excluding hydrogens is 260 g/mol. The maximum Gasteiger partial charge on any atom is 0.257 e. The van der Waals surface area contributed by atoms with Crippen LogP contribution >= 0.6 is 11.6 Å². The van der Waals surface area contributed by atoms with Gasteiger partial charge in [0.1, 0.15) is 0 Å². The zero-order valence-corrected chi connectivity index (χ0v) is 11.9. The maximum absolute atomic E-state index is 12.3. The van der Waals surface area contributed by atoms with Crippen molar-refractivity contribution in [3.8, 4) is 0 Å². The number of benzene rings is 1. The van der Waals surface area contributed by atoms with E-state index in [-0.39, 0.29) is 5.91 Å². The van der Waals surface area contributed by atoms with Crippen molar-refractivity contribution < 1.29 is 4.79 Å². The molecule has 0 aliphatic heterocycles. The summed E-state index contributed by atoms with van der Waals surface area (Å²) in [6, 6.07) is 7.39. The van der Waals surface area contributed by atoms with Gasteiger partial charge in [0.25, 0.3) is 5.91 Å². The van der Waals surface area contributed by atoms with Gasteiger partial charge in [0.2, 0.25) is 0 Å². The van der Waals surface area contributed by atoms with Crippen molar-refractivity contribution in [3.63, 3.8) is 0 Å². The Morgan fingerprint density at radius 2 is 1.84 bits per heavy atom. The van der Waals surface area contributed by atoms with Gasteiger partial charge in [-0.2, -0.15) is 0 Å². The molecule has 1 amide bonds. The van der Waals surface area contributed by atoms with Crippen LogP contribution in [0.25, 0.3) is 0 Å². The first-order valence-electron chi connectivity index (χ1n) is 5.98. The predicted octanol–water partition coefficient (Wildman–Crippen LogP) is 3.91. The minimum atomic E-state index is -0.185. The van der Waals surface area contributed by atoms with Crippen LogP contribution in [0, 0.1) is 20.8 Å². The number of rotatable bonds is 2. The number of amides is 1. The highest BCUT2D eigenvalue weighted by molar-refractivity contribution is 6.33. The van der Waals surface area contributed by atoms with Crippen molar-refractivity contribution in [2.75, 3.05) is 5.32 Å². The lowest BCUT2D eigenvalue weighted by Crippen LogP contribution is -2.16. The second kappa shape index (κ2) is 5.41. The maximum atomic E-state index is 12.3. The first-order valence-corrected chi connectivity index (χ1v) is 6.36. The van der Waals surface area contributed by atoms with E-state index in [4.69, 9.17) is 11.6 Å². The minimum Gasteiger partial charge on any atom is -0.305 e. The van der Waals surface area contributed by atoms with E-state index < -0.39 is 0 Å². The molecule has 1 heterocycles. The summed E-state index contributed by atoms with van der Waals surface area (Å²) in [6.07, 6.45) is 1.59. The number of carbonyl (C=O) groups is 1. The van der Waals surface area contributed by atoms with E-state index in [0.29, 0.717) is 16.4 Å². The standard InChI is InChI=1S/C15H15ClN2O/c1-9-7-10(2)13(11(3)8-9)15(19)18-14-12(16)5-4-6-17-14/h4-8H,1-3H3,(H,17,18,19). The molecule has 3 nitrogen and oxygen atoms in total. The van der Waals surface area contributed by atoms with Crippen LogP contribution in [0.4, 0.5) is 5.82 Å². The molecule has 0 fully saturated rings. The number of carbonyl (C=O) groups excluding carboxylic acids is 1. The van der Waals surface area contributed by atoms with Crippen LogP contribution < -0.4 is 5.32 Å². The molecule has 0 radical (unpaired) electrons. The highest BCUT2D eigenvalue weighted by atomic mass is 35.5. The lowest BCUT2D eigenvalue weighted by molar-refractivity contribution is 0.102. The summed E-state index contributed by atoms with van der Waals surface area (Å²) in [4.78, 5) is 16.4. The van der Waals surface area contributed by atoms with E-state index in [1.807, 2.05) is 32.9 Å². The molecule has 0 aliphatic rings. The second-order valence-electron chi connectivity index (χ2n) is 4.56. The first-order chi connectivity index (χ1) is 8.99. The number of halogens is 1. The van der Waals surface area contributed by atoms with Crippen molar-refractivity contribution in [3.05, 3.63) is 57.7 Å². The van der Waals surface area contributed by atoms with Crippen LogP contribution in [0.5, 0.6) is 0 Å². The van der Waals surface area contributed by atoms with Gasteiger partial charge in [0.15, 0.2) is 5.82 Å². The largest absolute Gasteiger partial charge is 0.305 e. The lowest BCUT2D eigenvalue weighted by atomic mass is 9.99. The predicted molar refractivity (Wildman–Crippen MR) is 77.9 cm³/mol. The van der Waals surface area contributed by atoms with E-state index in [2.05, 4.69) is 10.3 Å². The number of aromatic nitrogens is 1. The van der Waals surface area contributed by atoms with Crippen molar-refractivity contribution in [2.24, 2.45) is 0 Å². The van der Waals surface area contributed by atoms with Gasteiger partial charge in [-0.05, 0) is 44.0 Å². The molecule has 1 aromatic carbocycles. The number of anilines is 1. The van der Waals surface area contributed by atoms with Gasteiger partial charge >= 0.3 is 0 Å². The highest BCUT2D eigenvalue weighted by Crippen LogP contribution is 2.21. The second-order valence-corrected chi connectivity index (χ2v) is 4.97. The quantitative estimate of drug-likeness (QED) is 0.902. The van der Waals surface area contributed by atoms with Gasteiger partial charge in [0, 0.05) is 11.8 Å². The average molecular weight is 275 g/mol. The van der Waals surface area contributed by atoms with Crippen LogP contribution in [-0.2, 0) is 0 Å². The van der Waals surface area contributed by atoms with Crippen molar-refractivity contribution >= 4 is 23.3 Å². The average Bonchev–Trinajstić information content (AvgIpc) is 2.30. The summed E-state index contributed by atoms with van der Waals surface area (Å²) in [5.74, 6) is 0.198. The van der Waals surface area contributed by atoms with Crippen LogP contribution in [-0.4, -0.2) is 10.9 Å². The number of hydrogen-bond acceptors (Lipinski definition) is 2. The Hall–Kier alpha value is -1.87.